The smallest absolute Gasteiger partial charge is 0.255 e. The summed E-state index contributed by atoms with van der Waals surface area (Å²) >= 11 is 2.95. The largest absolute Gasteiger partial charge is 0.269 e. The zero-order chi connectivity index (χ0) is 8.55. The molecule has 0 saturated carbocycles. The molecule has 0 aromatic heterocycles. The summed E-state index contributed by atoms with van der Waals surface area (Å²) in [6.45, 7) is 0. The van der Waals surface area contributed by atoms with Crippen LogP contribution in [0.5, 0.6) is 0 Å². The zero-order valence-electron chi connectivity index (χ0n) is 5.97. The van der Waals surface area contributed by atoms with Crippen LogP contribution in [0.3, 0.4) is 0 Å². The van der Waals surface area contributed by atoms with Crippen molar-refractivity contribution >= 4 is 35.3 Å². The molecule has 2 amide bonds. The van der Waals surface area contributed by atoms with Gasteiger partial charge < -0.3 is 0 Å². The lowest BCUT2D eigenvalue weighted by molar-refractivity contribution is -0.136. The van der Waals surface area contributed by atoms with Crippen molar-refractivity contribution < 1.29 is 9.59 Å². The fourth-order valence-electron chi connectivity index (χ4n) is 0.972. The normalized spacial score (nSPS) is 23.2. The number of amides is 2. The van der Waals surface area contributed by atoms with E-state index in [1.54, 1.807) is 0 Å². The zero-order valence-corrected chi connectivity index (χ0v) is 7.60. The fourth-order valence-corrected chi connectivity index (χ4v) is 3.05. The third-order valence-corrected chi connectivity index (χ3v) is 3.81. The molecular weight excluding hydrogens is 194 g/mol. The summed E-state index contributed by atoms with van der Waals surface area (Å²) in [7, 11) is 0. The van der Waals surface area contributed by atoms with Gasteiger partial charge in [-0.15, -0.1) is 0 Å². The first-order chi connectivity index (χ1) is 5.79. The molecule has 2 aliphatic rings. The standard InChI is InChI=1S/C7H5NO2S2/c9-5-1-2-6(10)8(5)7-11-3-4-12-7/h1-4,7H. The molecule has 2 aliphatic heterocycles. The molecule has 0 N–H and O–H groups in total. The van der Waals surface area contributed by atoms with Crippen LogP contribution < -0.4 is 0 Å². The molecule has 3 nitrogen and oxygen atoms in total. The molecule has 2 heterocycles. The second kappa shape index (κ2) is 2.99. The van der Waals surface area contributed by atoms with Gasteiger partial charge in [-0.05, 0) is 10.8 Å². The van der Waals surface area contributed by atoms with Gasteiger partial charge in [0.15, 0.2) is 0 Å². The average Bonchev–Trinajstić information content (AvgIpc) is 2.61. The van der Waals surface area contributed by atoms with Crippen LogP contribution >= 0.6 is 23.5 Å². The van der Waals surface area contributed by atoms with Crippen molar-refractivity contribution in [1.29, 1.82) is 0 Å². The maximum absolute atomic E-state index is 11.1. The van der Waals surface area contributed by atoms with Crippen LogP contribution in [0, 0.1) is 0 Å². The minimum Gasteiger partial charge on any atom is -0.269 e. The van der Waals surface area contributed by atoms with E-state index in [1.165, 1.54) is 40.6 Å². The van der Waals surface area contributed by atoms with E-state index in [9.17, 15) is 9.59 Å². The van der Waals surface area contributed by atoms with Crippen LogP contribution in [0.4, 0.5) is 0 Å². The molecule has 12 heavy (non-hydrogen) atoms. The second-order valence-electron chi connectivity index (χ2n) is 2.23. The van der Waals surface area contributed by atoms with Gasteiger partial charge in [-0.1, -0.05) is 23.5 Å². The Morgan fingerprint density at radius 3 is 2.08 bits per heavy atom. The molecule has 62 valence electrons. The summed E-state index contributed by atoms with van der Waals surface area (Å²) in [5.41, 5.74) is 0. The van der Waals surface area contributed by atoms with Gasteiger partial charge in [0.2, 0.25) is 0 Å². The van der Waals surface area contributed by atoms with Gasteiger partial charge in [-0.3, -0.25) is 14.5 Å². The monoisotopic (exact) mass is 199 g/mol. The van der Waals surface area contributed by atoms with Crippen molar-refractivity contribution in [2.45, 2.75) is 4.71 Å². The van der Waals surface area contributed by atoms with Crippen LogP contribution in [0.1, 0.15) is 0 Å². The van der Waals surface area contributed by atoms with Gasteiger partial charge in [0.05, 0.1) is 0 Å². The third kappa shape index (κ3) is 1.19. The molecule has 0 bridgehead atoms. The first-order valence-corrected chi connectivity index (χ1v) is 5.19. The van der Waals surface area contributed by atoms with Crippen LogP contribution in [0.15, 0.2) is 23.0 Å². The Balaban J connectivity index is 2.13. The van der Waals surface area contributed by atoms with Crippen molar-refractivity contribution in [3.05, 3.63) is 23.0 Å². The molecule has 2 rings (SSSR count). The lowest BCUT2D eigenvalue weighted by Gasteiger charge is -2.19. The molecule has 0 unspecified atom stereocenters. The van der Waals surface area contributed by atoms with Crippen LogP contribution in [0.25, 0.3) is 0 Å². The van der Waals surface area contributed by atoms with Gasteiger partial charge in [0.25, 0.3) is 11.8 Å². The van der Waals surface area contributed by atoms with E-state index >= 15 is 0 Å². The summed E-state index contributed by atoms with van der Waals surface area (Å²) in [5.74, 6) is -0.428. The Kier molecular flexibility index (Phi) is 1.98. The van der Waals surface area contributed by atoms with Gasteiger partial charge >= 0.3 is 0 Å². The highest BCUT2D eigenvalue weighted by atomic mass is 32.2. The number of carbonyl (C=O) groups is 2. The Morgan fingerprint density at radius 2 is 1.58 bits per heavy atom. The van der Waals surface area contributed by atoms with Gasteiger partial charge in [0, 0.05) is 12.2 Å². The average molecular weight is 199 g/mol. The van der Waals surface area contributed by atoms with Crippen molar-refractivity contribution in [2.24, 2.45) is 0 Å². The Hall–Kier alpha value is -0.680. The lowest BCUT2D eigenvalue weighted by Crippen LogP contribution is -2.34. The highest BCUT2D eigenvalue weighted by molar-refractivity contribution is 8.22. The summed E-state index contributed by atoms with van der Waals surface area (Å²) in [5, 5.41) is 3.77. The van der Waals surface area contributed by atoms with E-state index < -0.39 is 0 Å². The van der Waals surface area contributed by atoms with Gasteiger partial charge in [-0.25, -0.2) is 0 Å². The summed E-state index contributed by atoms with van der Waals surface area (Å²) in [6.07, 6.45) is 2.61. The Bertz CT molecular complexity index is 272. The molecule has 0 aromatic rings. The van der Waals surface area contributed by atoms with Gasteiger partial charge in [-0.2, -0.15) is 0 Å². The molecule has 0 saturated heterocycles. The Labute approximate surface area is 77.9 Å². The number of imide groups is 1. The number of hydrogen-bond donors (Lipinski definition) is 0. The van der Waals surface area contributed by atoms with Gasteiger partial charge in [0.1, 0.15) is 4.71 Å². The molecule has 0 aliphatic carbocycles. The summed E-state index contributed by atoms with van der Waals surface area (Å²) in [4.78, 5) is 23.5. The molecule has 0 radical (unpaired) electrons. The molecule has 0 spiro atoms. The van der Waals surface area contributed by atoms with Crippen molar-refractivity contribution in [1.82, 2.24) is 4.90 Å². The molecular formula is C7H5NO2S2. The van der Waals surface area contributed by atoms with Crippen LogP contribution in [-0.2, 0) is 9.59 Å². The fraction of sp³-hybridized carbons (Fsp3) is 0.143. The number of carbonyl (C=O) groups excluding carboxylic acids is 2. The molecule has 0 atom stereocenters. The summed E-state index contributed by atoms with van der Waals surface area (Å²) in [6, 6.07) is 0. The van der Waals surface area contributed by atoms with E-state index in [0.29, 0.717) is 0 Å². The van der Waals surface area contributed by atoms with E-state index in [4.69, 9.17) is 0 Å². The Morgan fingerprint density at radius 1 is 1.08 bits per heavy atom. The third-order valence-electron chi connectivity index (χ3n) is 1.50. The minimum absolute atomic E-state index is 0.0972. The molecule has 5 heteroatoms. The number of hydrogen-bond acceptors (Lipinski definition) is 4. The summed E-state index contributed by atoms with van der Waals surface area (Å²) < 4.78 is -0.0972. The van der Waals surface area contributed by atoms with Crippen molar-refractivity contribution in [3.63, 3.8) is 0 Å². The first kappa shape index (κ1) is 7.94. The number of nitrogens with zero attached hydrogens (tertiary/aromatic N) is 1. The van der Waals surface area contributed by atoms with E-state index in [1.807, 2.05) is 10.8 Å². The quantitative estimate of drug-likeness (QED) is 0.594. The lowest BCUT2D eigenvalue weighted by atomic mass is 10.6. The number of rotatable bonds is 1. The highest BCUT2D eigenvalue weighted by Crippen LogP contribution is 2.36. The maximum atomic E-state index is 11.1. The van der Waals surface area contributed by atoms with Crippen LogP contribution in [-0.4, -0.2) is 21.4 Å². The van der Waals surface area contributed by atoms with Crippen molar-refractivity contribution in [2.75, 3.05) is 0 Å². The van der Waals surface area contributed by atoms with E-state index in [-0.39, 0.29) is 16.5 Å². The second-order valence-corrected chi connectivity index (χ2v) is 4.51. The topological polar surface area (TPSA) is 37.4 Å². The van der Waals surface area contributed by atoms with Crippen molar-refractivity contribution in [3.8, 4) is 0 Å². The maximum Gasteiger partial charge on any atom is 0.255 e. The van der Waals surface area contributed by atoms with Crippen LogP contribution in [0.2, 0.25) is 0 Å². The number of thioether (sulfide) groups is 2. The highest BCUT2D eigenvalue weighted by Gasteiger charge is 2.32. The predicted octanol–water partition coefficient (Wildman–Crippen LogP) is 1.15. The molecule has 0 aromatic carbocycles. The van der Waals surface area contributed by atoms with E-state index in [0.717, 1.165) is 0 Å². The predicted molar refractivity (Wildman–Crippen MR) is 49.1 cm³/mol. The minimum atomic E-state index is -0.214. The first-order valence-electron chi connectivity index (χ1n) is 3.30. The SMILES string of the molecule is O=C1C=CC(=O)N1C1SC=CS1. The molecule has 0 fully saturated rings. The van der Waals surface area contributed by atoms with E-state index in [2.05, 4.69) is 0 Å².